The fourth-order valence-electron chi connectivity index (χ4n) is 1.89. The van der Waals surface area contributed by atoms with E-state index in [9.17, 15) is 4.79 Å². The Hall–Kier alpha value is -1.16. The molecule has 0 aromatic heterocycles. The Balaban J connectivity index is 2.81. The average molecular weight is 280 g/mol. The Morgan fingerprint density at radius 2 is 2.11 bits per heavy atom. The number of rotatable bonds is 7. The summed E-state index contributed by atoms with van der Waals surface area (Å²) in [4.78, 5) is 14.4. The van der Waals surface area contributed by atoms with E-state index in [1.807, 2.05) is 54.9 Å². The molecule has 1 aromatic rings. The predicted molar refractivity (Wildman–Crippen MR) is 85.2 cm³/mol. The van der Waals surface area contributed by atoms with Crippen LogP contribution in [0.2, 0.25) is 0 Å². The van der Waals surface area contributed by atoms with Crippen molar-refractivity contribution in [1.29, 1.82) is 0 Å². The Kier molecular flexibility index (Phi) is 6.78. The number of amides is 1. The van der Waals surface area contributed by atoms with Gasteiger partial charge in [0.1, 0.15) is 0 Å². The maximum Gasteiger partial charge on any atom is 0.255 e. The van der Waals surface area contributed by atoms with E-state index >= 15 is 0 Å². The molecule has 1 amide bonds. The lowest BCUT2D eigenvalue weighted by molar-refractivity contribution is 0.0742. The highest BCUT2D eigenvalue weighted by Gasteiger charge is 2.19. The van der Waals surface area contributed by atoms with E-state index in [0.717, 1.165) is 30.0 Å². The summed E-state index contributed by atoms with van der Waals surface area (Å²) in [7, 11) is 1.88. The topological polar surface area (TPSA) is 32.3 Å². The minimum absolute atomic E-state index is 0.0881. The van der Waals surface area contributed by atoms with Gasteiger partial charge in [-0.15, -0.1) is 0 Å². The third-order valence-corrected chi connectivity index (χ3v) is 3.89. The normalized spacial score (nSPS) is 12.0. The molecule has 0 aliphatic rings. The second-order valence-corrected chi connectivity index (χ2v) is 5.61. The van der Waals surface area contributed by atoms with Crippen LogP contribution < -0.4 is 5.32 Å². The van der Waals surface area contributed by atoms with Crippen molar-refractivity contribution in [3.8, 4) is 0 Å². The number of nitrogens with one attached hydrogen (secondary N) is 1. The minimum Gasteiger partial charge on any atom is -0.385 e. The molecule has 0 saturated carbocycles. The highest BCUT2D eigenvalue weighted by molar-refractivity contribution is 7.98. The Labute approximate surface area is 120 Å². The van der Waals surface area contributed by atoms with Gasteiger partial charge in [0, 0.05) is 25.3 Å². The van der Waals surface area contributed by atoms with Gasteiger partial charge >= 0.3 is 0 Å². The van der Waals surface area contributed by atoms with E-state index in [1.165, 1.54) is 0 Å². The molecule has 106 valence electrons. The molecule has 0 fully saturated rings. The van der Waals surface area contributed by atoms with Crippen LogP contribution in [0.25, 0.3) is 0 Å². The van der Waals surface area contributed by atoms with Crippen LogP contribution in [0, 0.1) is 0 Å². The van der Waals surface area contributed by atoms with E-state index in [-0.39, 0.29) is 11.9 Å². The SMILES string of the molecule is CCNc1ccccc1C(=O)N(C)C(C)CCSC. The zero-order valence-electron chi connectivity index (χ0n) is 12.3. The van der Waals surface area contributed by atoms with Gasteiger partial charge in [0.15, 0.2) is 0 Å². The summed E-state index contributed by atoms with van der Waals surface area (Å²) in [6, 6.07) is 7.96. The molecule has 0 spiro atoms. The number of carbonyl (C=O) groups is 1. The van der Waals surface area contributed by atoms with Crippen molar-refractivity contribution in [2.24, 2.45) is 0 Å². The molecular formula is C15H24N2OS. The molecule has 19 heavy (non-hydrogen) atoms. The van der Waals surface area contributed by atoms with Crippen molar-refractivity contribution in [2.75, 3.05) is 30.9 Å². The summed E-state index contributed by atoms with van der Waals surface area (Å²) >= 11 is 1.82. The number of benzene rings is 1. The van der Waals surface area contributed by atoms with Gasteiger partial charge in [-0.2, -0.15) is 11.8 Å². The van der Waals surface area contributed by atoms with Crippen LogP contribution in [0.1, 0.15) is 30.6 Å². The molecule has 1 unspecified atom stereocenters. The van der Waals surface area contributed by atoms with Crippen molar-refractivity contribution >= 4 is 23.4 Å². The van der Waals surface area contributed by atoms with Crippen LogP contribution in [0.5, 0.6) is 0 Å². The van der Waals surface area contributed by atoms with Crippen LogP contribution in [0.4, 0.5) is 5.69 Å². The largest absolute Gasteiger partial charge is 0.385 e. The van der Waals surface area contributed by atoms with Crippen molar-refractivity contribution in [3.63, 3.8) is 0 Å². The molecule has 0 aliphatic carbocycles. The summed E-state index contributed by atoms with van der Waals surface area (Å²) in [5, 5.41) is 3.24. The van der Waals surface area contributed by atoms with Crippen LogP contribution >= 0.6 is 11.8 Å². The summed E-state index contributed by atoms with van der Waals surface area (Å²) < 4.78 is 0. The second kappa shape index (κ2) is 8.10. The number of nitrogens with zero attached hydrogens (tertiary/aromatic N) is 1. The highest BCUT2D eigenvalue weighted by Crippen LogP contribution is 2.18. The number of hydrogen-bond donors (Lipinski definition) is 1. The summed E-state index contributed by atoms with van der Waals surface area (Å²) in [6.07, 6.45) is 3.11. The number of anilines is 1. The average Bonchev–Trinajstić information content (AvgIpc) is 2.44. The van der Waals surface area contributed by atoms with Gasteiger partial charge in [-0.3, -0.25) is 4.79 Å². The van der Waals surface area contributed by atoms with E-state index in [4.69, 9.17) is 0 Å². The number of hydrogen-bond acceptors (Lipinski definition) is 3. The van der Waals surface area contributed by atoms with Crippen LogP contribution in [-0.4, -0.2) is 42.4 Å². The van der Waals surface area contributed by atoms with E-state index in [2.05, 4.69) is 18.5 Å². The van der Waals surface area contributed by atoms with Gasteiger partial charge in [0.2, 0.25) is 0 Å². The first-order chi connectivity index (χ1) is 9.11. The summed E-state index contributed by atoms with van der Waals surface area (Å²) in [6.45, 7) is 4.95. The molecule has 4 heteroatoms. The van der Waals surface area contributed by atoms with Crippen molar-refractivity contribution < 1.29 is 4.79 Å². The molecule has 3 nitrogen and oxygen atoms in total. The molecule has 0 saturated heterocycles. The first-order valence-electron chi connectivity index (χ1n) is 6.70. The van der Waals surface area contributed by atoms with Crippen molar-refractivity contribution in [3.05, 3.63) is 29.8 Å². The Morgan fingerprint density at radius 1 is 1.42 bits per heavy atom. The van der Waals surface area contributed by atoms with Crippen LogP contribution in [0.15, 0.2) is 24.3 Å². The fraction of sp³-hybridized carbons (Fsp3) is 0.533. The van der Waals surface area contributed by atoms with Gasteiger partial charge in [-0.05, 0) is 44.4 Å². The molecule has 1 N–H and O–H groups in total. The lowest BCUT2D eigenvalue weighted by Gasteiger charge is -2.26. The zero-order chi connectivity index (χ0) is 14.3. The molecule has 0 aliphatic heterocycles. The molecule has 0 radical (unpaired) electrons. The lowest BCUT2D eigenvalue weighted by atomic mass is 10.1. The molecule has 0 heterocycles. The molecule has 1 rings (SSSR count). The molecule has 1 atom stereocenters. The fourth-order valence-corrected chi connectivity index (χ4v) is 2.46. The maximum absolute atomic E-state index is 12.5. The predicted octanol–water partition coefficient (Wildman–Crippen LogP) is 3.33. The Bertz CT molecular complexity index is 409. The van der Waals surface area contributed by atoms with E-state index in [1.54, 1.807) is 0 Å². The lowest BCUT2D eigenvalue weighted by Crippen LogP contribution is -2.35. The maximum atomic E-state index is 12.5. The number of carbonyl (C=O) groups excluding carboxylic acids is 1. The van der Waals surface area contributed by atoms with Crippen LogP contribution in [0.3, 0.4) is 0 Å². The number of thioether (sulfide) groups is 1. The van der Waals surface area contributed by atoms with Gasteiger partial charge in [-0.1, -0.05) is 12.1 Å². The number of para-hydroxylation sites is 1. The third kappa shape index (κ3) is 4.46. The standard InChI is InChI=1S/C15H24N2OS/c1-5-16-14-9-7-6-8-13(14)15(18)17(3)12(2)10-11-19-4/h6-9,12,16H,5,10-11H2,1-4H3. The van der Waals surface area contributed by atoms with E-state index < -0.39 is 0 Å². The quantitative estimate of drug-likeness (QED) is 0.831. The first-order valence-corrected chi connectivity index (χ1v) is 8.10. The van der Waals surface area contributed by atoms with Gasteiger partial charge in [0.05, 0.1) is 5.56 Å². The smallest absolute Gasteiger partial charge is 0.255 e. The second-order valence-electron chi connectivity index (χ2n) is 4.62. The highest BCUT2D eigenvalue weighted by atomic mass is 32.2. The Morgan fingerprint density at radius 3 is 2.74 bits per heavy atom. The van der Waals surface area contributed by atoms with Crippen LogP contribution in [-0.2, 0) is 0 Å². The third-order valence-electron chi connectivity index (χ3n) is 3.25. The van der Waals surface area contributed by atoms with E-state index in [0.29, 0.717) is 0 Å². The summed E-state index contributed by atoms with van der Waals surface area (Å²) in [5.41, 5.74) is 1.67. The van der Waals surface area contributed by atoms with Crippen molar-refractivity contribution in [2.45, 2.75) is 26.3 Å². The molecular weight excluding hydrogens is 256 g/mol. The zero-order valence-corrected chi connectivity index (χ0v) is 13.1. The summed E-state index contributed by atoms with van der Waals surface area (Å²) in [5.74, 6) is 1.17. The monoisotopic (exact) mass is 280 g/mol. The first kappa shape index (κ1) is 15.9. The van der Waals surface area contributed by atoms with Gasteiger partial charge < -0.3 is 10.2 Å². The van der Waals surface area contributed by atoms with Gasteiger partial charge in [0.25, 0.3) is 5.91 Å². The molecule has 1 aromatic carbocycles. The molecule has 0 bridgehead atoms. The van der Waals surface area contributed by atoms with Crippen molar-refractivity contribution in [1.82, 2.24) is 4.90 Å². The van der Waals surface area contributed by atoms with Gasteiger partial charge in [-0.25, -0.2) is 0 Å². The minimum atomic E-state index is 0.0881.